The SMILES string of the molecule is Cc1nn(C(C)C(=O)NCc2ccnn2C)c(C)c1[N+](=O)[O-]. The van der Waals surface area contributed by atoms with Crippen molar-refractivity contribution in [3.63, 3.8) is 0 Å². The number of rotatable bonds is 5. The lowest BCUT2D eigenvalue weighted by Gasteiger charge is -2.14. The van der Waals surface area contributed by atoms with Crippen LogP contribution >= 0.6 is 0 Å². The molecule has 118 valence electrons. The molecule has 0 aliphatic carbocycles. The average Bonchev–Trinajstić information content (AvgIpc) is 2.98. The summed E-state index contributed by atoms with van der Waals surface area (Å²) < 4.78 is 3.05. The second kappa shape index (κ2) is 5.96. The summed E-state index contributed by atoms with van der Waals surface area (Å²) in [5.41, 5.74) is 1.48. The summed E-state index contributed by atoms with van der Waals surface area (Å²) in [5.74, 6) is -0.262. The Bertz CT molecular complexity index is 717. The largest absolute Gasteiger partial charge is 0.349 e. The standard InChI is InChI=1S/C13H18N6O3/c1-8-12(19(21)22)9(2)18(16-8)10(3)13(20)14-7-11-5-6-15-17(11)4/h5-6,10H,7H2,1-4H3,(H,14,20). The van der Waals surface area contributed by atoms with Crippen LogP contribution in [0.2, 0.25) is 0 Å². The van der Waals surface area contributed by atoms with E-state index >= 15 is 0 Å². The number of hydrogen-bond donors (Lipinski definition) is 1. The number of carbonyl (C=O) groups excluding carboxylic acids is 1. The summed E-state index contributed by atoms with van der Waals surface area (Å²) >= 11 is 0. The van der Waals surface area contributed by atoms with Crippen LogP contribution in [-0.2, 0) is 18.4 Å². The number of carbonyl (C=O) groups is 1. The first-order chi connectivity index (χ1) is 10.3. The van der Waals surface area contributed by atoms with Crippen molar-refractivity contribution in [3.8, 4) is 0 Å². The van der Waals surface area contributed by atoms with Crippen molar-refractivity contribution in [2.24, 2.45) is 7.05 Å². The lowest BCUT2D eigenvalue weighted by atomic mass is 10.2. The molecule has 0 aliphatic heterocycles. The van der Waals surface area contributed by atoms with Gasteiger partial charge in [-0.3, -0.25) is 24.3 Å². The molecule has 9 heteroatoms. The van der Waals surface area contributed by atoms with Gasteiger partial charge in [-0.05, 0) is 26.8 Å². The summed E-state index contributed by atoms with van der Waals surface area (Å²) in [6.07, 6.45) is 1.65. The molecule has 0 spiro atoms. The maximum absolute atomic E-state index is 12.2. The van der Waals surface area contributed by atoms with Gasteiger partial charge in [0.1, 0.15) is 17.4 Å². The Morgan fingerprint density at radius 1 is 1.50 bits per heavy atom. The molecule has 0 fully saturated rings. The zero-order chi connectivity index (χ0) is 16.4. The van der Waals surface area contributed by atoms with Crippen LogP contribution in [0.4, 0.5) is 5.69 Å². The van der Waals surface area contributed by atoms with E-state index in [1.807, 2.05) is 0 Å². The van der Waals surface area contributed by atoms with Crippen molar-refractivity contribution in [1.29, 1.82) is 0 Å². The van der Waals surface area contributed by atoms with Crippen molar-refractivity contribution in [3.05, 3.63) is 39.5 Å². The first kappa shape index (κ1) is 15.7. The minimum absolute atomic E-state index is 0.0497. The van der Waals surface area contributed by atoms with Crippen molar-refractivity contribution < 1.29 is 9.72 Å². The van der Waals surface area contributed by atoms with Crippen LogP contribution < -0.4 is 5.32 Å². The molecule has 1 unspecified atom stereocenters. The van der Waals surface area contributed by atoms with Gasteiger partial charge in [0, 0.05) is 13.2 Å². The molecule has 0 aromatic carbocycles. The number of nitro groups is 1. The van der Waals surface area contributed by atoms with Crippen LogP contribution in [0, 0.1) is 24.0 Å². The fraction of sp³-hybridized carbons (Fsp3) is 0.462. The van der Waals surface area contributed by atoms with Crippen LogP contribution in [0.5, 0.6) is 0 Å². The summed E-state index contributed by atoms with van der Waals surface area (Å²) in [4.78, 5) is 22.8. The first-order valence-corrected chi connectivity index (χ1v) is 6.77. The summed E-state index contributed by atoms with van der Waals surface area (Å²) in [6.45, 7) is 5.13. The molecule has 2 rings (SSSR count). The van der Waals surface area contributed by atoms with E-state index in [2.05, 4.69) is 15.5 Å². The average molecular weight is 306 g/mol. The minimum atomic E-state index is -0.638. The van der Waals surface area contributed by atoms with Gasteiger partial charge < -0.3 is 5.32 Å². The molecule has 0 saturated heterocycles. The number of aromatic nitrogens is 4. The normalized spacial score (nSPS) is 12.2. The Morgan fingerprint density at radius 3 is 2.68 bits per heavy atom. The van der Waals surface area contributed by atoms with Gasteiger partial charge in [-0.2, -0.15) is 10.2 Å². The van der Waals surface area contributed by atoms with Crippen LogP contribution in [0.1, 0.15) is 30.0 Å². The third-order valence-electron chi connectivity index (χ3n) is 3.58. The van der Waals surface area contributed by atoms with E-state index in [4.69, 9.17) is 0 Å². The summed E-state index contributed by atoms with van der Waals surface area (Å²) in [6, 6.07) is 1.17. The number of nitrogens with one attached hydrogen (secondary N) is 1. The van der Waals surface area contributed by atoms with E-state index < -0.39 is 11.0 Å². The van der Waals surface area contributed by atoms with Gasteiger partial charge in [-0.25, -0.2) is 0 Å². The lowest BCUT2D eigenvalue weighted by molar-refractivity contribution is -0.386. The number of nitrogens with zero attached hydrogens (tertiary/aromatic N) is 5. The maximum Gasteiger partial charge on any atom is 0.312 e. The third kappa shape index (κ3) is 2.83. The molecule has 1 atom stereocenters. The predicted molar refractivity (Wildman–Crippen MR) is 78.1 cm³/mol. The highest BCUT2D eigenvalue weighted by Crippen LogP contribution is 2.24. The van der Waals surface area contributed by atoms with Gasteiger partial charge in [-0.15, -0.1) is 0 Å². The predicted octanol–water partition coefficient (Wildman–Crippen LogP) is 1.02. The molecular weight excluding hydrogens is 288 g/mol. The molecule has 1 N–H and O–H groups in total. The van der Waals surface area contributed by atoms with Gasteiger partial charge in [0.05, 0.1) is 17.2 Å². The van der Waals surface area contributed by atoms with Gasteiger partial charge >= 0.3 is 5.69 Å². The van der Waals surface area contributed by atoms with E-state index in [0.717, 1.165) is 5.69 Å². The molecule has 2 heterocycles. The zero-order valence-electron chi connectivity index (χ0n) is 12.9. The van der Waals surface area contributed by atoms with E-state index in [0.29, 0.717) is 17.9 Å². The molecule has 0 saturated carbocycles. The molecule has 9 nitrogen and oxygen atoms in total. The first-order valence-electron chi connectivity index (χ1n) is 6.77. The molecule has 2 aromatic heterocycles. The van der Waals surface area contributed by atoms with E-state index in [-0.39, 0.29) is 11.6 Å². The summed E-state index contributed by atoms with van der Waals surface area (Å²) in [5, 5.41) is 21.9. The third-order valence-corrected chi connectivity index (χ3v) is 3.58. The molecule has 22 heavy (non-hydrogen) atoms. The Labute approximate surface area is 127 Å². The Hall–Kier alpha value is -2.71. The Balaban J connectivity index is 2.12. The number of hydrogen-bond acceptors (Lipinski definition) is 5. The second-order valence-electron chi connectivity index (χ2n) is 5.06. The van der Waals surface area contributed by atoms with Gasteiger partial charge in [-0.1, -0.05) is 0 Å². The molecule has 0 radical (unpaired) electrons. The van der Waals surface area contributed by atoms with E-state index in [9.17, 15) is 14.9 Å². The molecular formula is C13H18N6O3. The minimum Gasteiger partial charge on any atom is -0.349 e. The molecule has 1 amide bonds. The Kier molecular flexibility index (Phi) is 4.25. The zero-order valence-corrected chi connectivity index (χ0v) is 12.9. The van der Waals surface area contributed by atoms with Crippen LogP contribution in [0.25, 0.3) is 0 Å². The maximum atomic E-state index is 12.2. The van der Waals surface area contributed by atoms with Gasteiger partial charge in [0.2, 0.25) is 5.91 Å². The number of aryl methyl sites for hydroxylation is 2. The van der Waals surface area contributed by atoms with Gasteiger partial charge in [0.25, 0.3) is 0 Å². The van der Waals surface area contributed by atoms with Crippen molar-refractivity contribution >= 4 is 11.6 Å². The fourth-order valence-electron chi connectivity index (χ4n) is 2.31. The van der Waals surface area contributed by atoms with Crippen molar-refractivity contribution in [2.75, 3.05) is 0 Å². The lowest BCUT2D eigenvalue weighted by Crippen LogP contribution is -2.32. The van der Waals surface area contributed by atoms with Crippen LogP contribution in [0.3, 0.4) is 0 Å². The monoisotopic (exact) mass is 306 g/mol. The quantitative estimate of drug-likeness (QED) is 0.655. The van der Waals surface area contributed by atoms with Crippen molar-refractivity contribution in [1.82, 2.24) is 24.9 Å². The highest BCUT2D eigenvalue weighted by molar-refractivity contribution is 5.80. The molecule has 0 bridgehead atoms. The Morgan fingerprint density at radius 2 is 2.18 bits per heavy atom. The smallest absolute Gasteiger partial charge is 0.312 e. The van der Waals surface area contributed by atoms with E-state index in [1.54, 1.807) is 44.8 Å². The van der Waals surface area contributed by atoms with Crippen LogP contribution in [-0.4, -0.2) is 30.4 Å². The fourth-order valence-corrected chi connectivity index (χ4v) is 2.31. The molecule has 2 aromatic rings. The second-order valence-corrected chi connectivity index (χ2v) is 5.06. The summed E-state index contributed by atoms with van der Waals surface area (Å²) in [7, 11) is 1.79. The highest BCUT2D eigenvalue weighted by Gasteiger charge is 2.26. The van der Waals surface area contributed by atoms with Crippen molar-refractivity contribution in [2.45, 2.75) is 33.4 Å². The van der Waals surface area contributed by atoms with E-state index in [1.165, 1.54) is 4.68 Å². The van der Waals surface area contributed by atoms with Gasteiger partial charge in [0.15, 0.2) is 0 Å². The highest BCUT2D eigenvalue weighted by atomic mass is 16.6. The van der Waals surface area contributed by atoms with Crippen LogP contribution in [0.15, 0.2) is 12.3 Å². The molecule has 0 aliphatic rings. The topological polar surface area (TPSA) is 108 Å². The number of amides is 1.